The molecule has 1 aliphatic rings. The summed E-state index contributed by atoms with van der Waals surface area (Å²) in [4.78, 5) is 30.0. The van der Waals surface area contributed by atoms with Gasteiger partial charge in [0.25, 0.3) is 5.91 Å². The molecule has 1 aromatic heterocycles. The lowest BCUT2D eigenvalue weighted by molar-refractivity contribution is -0.141. The quantitative estimate of drug-likeness (QED) is 0.789. The van der Waals surface area contributed by atoms with Crippen LogP contribution < -0.4 is 0 Å². The third-order valence-corrected chi connectivity index (χ3v) is 3.66. The minimum absolute atomic E-state index is 0.00434. The lowest BCUT2D eigenvalue weighted by Crippen LogP contribution is -2.43. The number of hydrogen-bond donors (Lipinski definition) is 0. The van der Waals surface area contributed by atoms with Crippen molar-refractivity contribution in [2.24, 2.45) is 0 Å². The highest BCUT2D eigenvalue weighted by atomic mass is 16.5. The third kappa shape index (κ3) is 3.35. The highest BCUT2D eigenvalue weighted by molar-refractivity contribution is 5.94. The molecule has 0 bridgehead atoms. The van der Waals surface area contributed by atoms with Crippen LogP contribution in [0.5, 0.6) is 0 Å². The van der Waals surface area contributed by atoms with E-state index < -0.39 is 5.97 Å². The monoisotopic (exact) mass is 276 g/mol. The number of rotatable bonds is 4. The molecule has 1 heterocycles. The molecule has 20 heavy (non-hydrogen) atoms. The summed E-state index contributed by atoms with van der Waals surface area (Å²) in [6.45, 7) is 1.84. The van der Waals surface area contributed by atoms with Gasteiger partial charge in [0.1, 0.15) is 12.2 Å². The number of aromatic nitrogens is 1. The number of carbonyl (C=O) groups is 2. The third-order valence-electron chi connectivity index (χ3n) is 3.66. The van der Waals surface area contributed by atoms with Crippen molar-refractivity contribution < 1.29 is 14.3 Å². The Hall–Kier alpha value is -1.91. The molecule has 1 fully saturated rings. The molecule has 0 unspecified atom stereocenters. The van der Waals surface area contributed by atoms with Crippen molar-refractivity contribution in [1.29, 1.82) is 0 Å². The Morgan fingerprint density at radius 2 is 2.05 bits per heavy atom. The number of amides is 1. The van der Waals surface area contributed by atoms with E-state index in [0.29, 0.717) is 5.69 Å². The van der Waals surface area contributed by atoms with E-state index in [4.69, 9.17) is 4.74 Å². The van der Waals surface area contributed by atoms with E-state index in [2.05, 4.69) is 4.98 Å². The van der Waals surface area contributed by atoms with E-state index >= 15 is 0 Å². The van der Waals surface area contributed by atoms with Gasteiger partial charge in [0.05, 0.1) is 7.11 Å². The van der Waals surface area contributed by atoms with Crippen LogP contribution in [-0.2, 0) is 9.53 Å². The number of aryl methyl sites for hydroxylation is 1. The van der Waals surface area contributed by atoms with Gasteiger partial charge in [0, 0.05) is 11.7 Å². The summed E-state index contributed by atoms with van der Waals surface area (Å²) < 4.78 is 4.70. The predicted molar refractivity (Wildman–Crippen MR) is 74.3 cm³/mol. The summed E-state index contributed by atoms with van der Waals surface area (Å²) in [7, 11) is 1.34. The van der Waals surface area contributed by atoms with Crippen LogP contribution in [0.25, 0.3) is 0 Å². The molecular formula is C15H20N2O3. The van der Waals surface area contributed by atoms with Gasteiger partial charge in [-0.3, -0.25) is 9.59 Å². The summed E-state index contributed by atoms with van der Waals surface area (Å²) in [6.07, 6.45) is 4.07. The fourth-order valence-corrected chi connectivity index (χ4v) is 2.60. The van der Waals surface area contributed by atoms with Gasteiger partial charge in [0.15, 0.2) is 0 Å². The van der Waals surface area contributed by atoms with E-state index in [0.717, 1.165) is 31.4 Å². The van der Waals surface area contributed by atoms with Gasteiger partial charge in [-0.2, -0.15) is 0 Å². The molecule has 0 spiro atoms. The summed E-state index contributed by atoms with van der Waals surface area (Å²) in [6, 6.07) is 5.45. The maximum Gasteiger partial charge on any atom is 0.325 e. The summed E-state index contributed by atoms with van der Waals surface area (Å²) in [5.74, 6) is -0.580. The van der Waals surface area contributed by atoms with Gasteiger partial charge in [-0.05, 0) is 31.9 Å². The highest BCUT2D eigenvalue weighted by Gasteiger charge is 2.30. The number of methoxy groups -OCH3 is 1. The van der Waals surface area contributed by atoms with Gasteiger partial charge in [-0.15, -0.1) is 0 Å². The molecular weight excluding hydrogens is 256 g/mol. The number of esters is 1. The van der Waals surface area contributed by atoms with Crippen molar-refractivity contribution in [2.75, 3.05) is 13.7 Å². The van der Waals surface area contributed by atoms with Crippen molar-refractivity contribution in [3.05, 3.63) is 29.6 Å². The molecule has 0 aliphatic heterocycles. The molecule has 0 N–H and O–H groups in total. The molecule has 2 rings (SSSR count). The predicted octanol–water partition coefficient (Wildman–Crippen LogP) is 1.95. The maximum absolute atomic E-state index is 12.6. The van der Waals surface area contributed by atoms with Crippen LogP contribution in [0.1, 0.15) is 41.9 Å². The Bertz CT molecular complexity index is 496. The average molecular weight is 276 g/mol. The minimum atomic E-state index is -0.391. The molecule has 1 aromatic rings. The molecule has 0 atom stereocenters. The van der Waals surface area contributed by atoms with Crippen molar-refractivity contribution in [3.63, 3.8) is 0 Å². The van der Waals surface area contributed by atoms with Crippen LogP contribution in [0.15, 0.2) is 18.2 Å². The smallest absolute Gasteiger partial charge is 0.325 e. The number of carbonyl (C=O) groups excluding carboxylic acids is 2. The lowest BCUT2D eigenvalue weighted by Gasteiger charge is -2.27. The van der Waals surface area contributed by atoms with Crippen molar-refractivity contribution in [1.82, 2.24) is 9.88 Å². The van der Waals surface area contributed by atoms with Crippen molar-refractivity contribution in [2.45, 2.75) is 38.6 Å². The first-order chi connectivity index (χ1) is 9.61. The largest absolute Gasteiger partial charge is 0.468 e. The van der Waals surface area contributed by atoms with Crippen LogP contribution in [0.2, 0.25) is 0 Å². The Morgan fingerprint density at radius 1 is 1.35 bits per heavy atom. The summed E-state index contributed by atoms with van der Waals surface area (Å²) in [5.41, 5.74) is 1.18. The molecule has 0 saturated heterocycles. The number of pyridine rings is 1. The van der Waals surface area contributed by atoms with E-state index in [1.165, 1.54) is 7.11 Å². The topological polar surface area (TPSA) is 59.5 Å². The van der Waals surface area contributed by atoms with E-state index in [9.17, 15) is 9.59 Å². The second kappa shape index (κ2) is 6.50. The minimum Gasteiger partial charge on any atom is -0.468 e. The van der Waals surface area contributed by atoms with Crippen LogP contribution in [-0.4, -0.2) is 41.5 Å². The number of nitrogens with zero attached hydrogens (tertiary/aromatic N) is 2. The average Bonchev–Trinajstić information content (AvgIpc) is 2.97. The van der Waals surface area contributed by atoms with Gasteiger partial charge < -0.3 is 9.64 Å². The van der Waals surface area contributed by atoms with E-state index in [1.54, 1.807) is 17.0 Å². The fraction of sp³-hybridized carbons (Fsp3) is 0.533. The zero-order valence-corrected chi connectivity index (χ0v) is 12.0. The Labute approximate surface area is 118 Å². The standard InChI is InChI=1S/C15H20N2O3/c1-11-6-5-9-13(16-11)15(19)17(10-14(18)20-2)12-7-3-4-8-12/h5-6,9,12H,3-4,7-8,10H2,1-2H3. The Kier molecular flexibility index (Phi) is 4.71. The first-order valence-corrected chi connectivity index (χ1v) is 6.93. The van der Waals surface area contributed by atoms with Crippen LogP contribution in [0.4, 0.5) is 0 Å². The van der Waals surface area contributed by atoms with Crippen molar-refractivity contribution >= 4 is 11.9 Å². The zero-order valence-electron chi connectivity index (χ0n) is 12.0. The first kappa shape index (κ1) is 14.5. The second-order valence-electron chi connectivity index (χ2n) is 5.11. The first-order valence-electron chi connectivity index (χ1n) is 6.93. The zero-order chi connectivity index (χ0) is 14.5. The van der Waals surface area contributed by atoms with Crippen LogP contribution in [0.3, 0.4) is 0 Å². The molecule has 0 aromatic carbocycles. The van der Waals surface area contributed by atoms with Crippen LogP contribution in [0, 0.1) is 6.92 Å². The highest BCUT2D eigenvalue weighted by Crippen LogP contribution is 2.24. The SMILES string of the molecule is COC(=O)CN(C(=O)c1cccc(C)n1)C1CCCC1. The van der Waals surface area contributed by atoms with Gasteiger partial charge in [0.2, 0.25) is 0 Å². The molecule has 5 nitrogen and oxygen atoms in total. The van der Waals surface area contributed by atoms with Crippen molar-refractivity contribution in [3.8, 4) is 0 Å². The Balaban J connectivity index is 2.20. The number of ether oxygens (including phenoxy) is 1. The lowest BCUT2D eigenvalue weighted by atomic mass is 10.2. The van der Waals surface area contributed by atoms with Gasteiger partial charge in [-0.25, -0.2) is 4.98 Å². The van der Waals surface area contributed by atoms with E-state index in [1.807, 2.05) is 13.0 Å². The maximum atomic E-state index is 12.6. The molecule has 5 heteroatoms. The molecule has 1 amide bonds. The fourth-order valence-electron chi connectivity index (χ4n) is 2.60. The van der Waals surface area contributed by atoms with Crippen LogP contribution >= 0.6 is 0 Å². The van der Waals surface area contributed by atoms with Gasteiger partial charge >= 0.3 is 5.97 Å². The van der Waals surface area contributed by atoms with E-state index in [-0.39, 0.29) is 18.5 Å². The summed E-state index contributed by atoms with van der Waals surface area (Å²) >= 11 is 0. The molecule has 108 valence electrons. The molecule has 1 saturated carbocycles. The Morgan fingerprint density at radius 3 is 2.65 bits per heavy atom. The molecule has 1 aliphatic carbocycles. The number of hydrogen-bond acceptors (Lipinski definition) is 4. The second-order valence-corrected chi connectivity index (χ2v) is 5.11. The molecule has 0 radical (unpaired) electrons. The van der Waals surface area contributed by atoms with Gasteiger partial charge in [-0.1, -0.05) is 18.9 Å². The summed E-state index contributed by atoms with van der Waals surface area (Å²) in [5, 5.41) is 0. The normalized spacial score (nSPS) is 15.1.